The fourth-order valence-electron chi connectivity index (χ4n) is 5.13. The van der Waals surface area contributed by atoms with E-state index in [4.69, 9.17) is 4.98 Å². The minimum absolute atomic E-state index is 0.153. The van der Waals surface area contributed by atoms with Crippen molar-refractivity contribution >= 4 is 28.6 Å². The SMILES string of the molecule is CCCCc1nc2ccc(N(CCCC)C(=O)CCC)cc2n1-c1ccc(-c2ccccc2C(=O)O)c(C)c1. The Morgan fingerprint density at radius 2 is 1.67 bits per heavy atom. The van der Waals surface area contributed by atoms with Gasteiger partial charge in [0.1, 0.15) is 5.82 Å². The molecule has 0 saturated carbocycles. The lowest BCUT2D eigenvalue weighted by molar-refractivity contribution is -0.118. The summed E-state index contributed by atoms with van der Waals surface area (Å²) in [7, 11) is 0. The largest absolute Gasteiger partial charge is 0.478 e. The molecule has 3 aromatic carbocycles. The predicted molar refractivity (Wildman–Crippen MR) is 159 cm³/mol. The van der Waals surface area contributed by atoms with Gasteiger partial charge in [0.25, 0.3) is 0 Å². The fraction of sp³-hybridized carbons (Fsp3) is 0.364. The van der Waals surface area contributed by atoms with Gasteiger partial charge in [0, 0.05) is 30.8 Å². The highest BCUT2D eigenvalue weighted by Crippen LogP contribution is 2.32. The van der Waals surface area contributed by atoms with Crippen LogP contribution in [0.25, 0.3) is 27.8 Å². The number of carboxylic acids is 1. The van der Waals surface area contributed by atoms with E-state index in [9.17, 15) is 14.7 Å². The van der Waals surface area contributed by atoms with Gasteiger partial charge in [-0.15, -0.1) is 0 Å². The van der Waals surface area contributed by atoms with E-state index in [1.54, 1.807) is 12.1 Å². The molecule has 0 aliphatic carbocycles. The van der Waals surface area contributed by atoms with Crippen molar-refractivity contribution in [2.24, 2.45) is 0 Å². The lowest BCUT2D eigenvalue weighted by Gasteiger charge is -2.23. The highest BCUT2D eigenvalue weighted by atomic mass is 16.4. The number of imidazole rings is 1. The minimum atomic E-state index is -0.936. The van der Waals surface area contributed by atoms with Crippen molar-refractivity contribution in [3.63, 3.8) is 0 Å². The molecule has 0 atom stereocenters. The number of carbonyl (C=O) groups excluding carboxylic acids is 1. The zero-order valence-electron chi connectivity index (χ0n) is 23.5. The van der Waals surface area contributed by atoms with E-state index < -0.39 is 5.97 Å². The smallest absolute Gasteiger partial charge is 0.336 e. The molecule has 0 fully saturated rings. The number of hydrogen-bond acceptors (Lipinski definition) is 3. The molecule has 204 valence electrons. The van der Waals surface area contributed by atoms with Crippen LogP contribution in [0.5, 0.6) is 0 Å². The average Bonchev–Trinajstić information content (AvgIpc) is 3.29. The number of hydrogen-bond donors (Lipinski definition) is 1. The van der Waals surface area contributed by atoms with Crippen molar-refractivity contribution in [1.82, 2.24) is 9.55 Å². The third-order valence-electron chi connectivity index (χ3n) is 7.19. The number of aromatic nitrogens is 2. The molecule has 1 aromatic heterocycles. The summed E-state index contributed by atoms with van der Waals surface area (Å²) in [5, 5.41) is 9.72. The van der Waals surface area contributed by atoms with Crippen LogP contribution in [0.15, 0.2) is 60.7 Å². The molecule has 4 rings (SSSR count). The maximum absolute atomic E-state index is 13.0. The molecule has 1 amide bonds. The van der Waals surface area contributed by atoms with Gasteiger partial charge in [0.05, 0.1) is 16.6 Å². The molecule has 0 bridgehead atoms. The molecule has 0 aliphatic rings. The molecule has 0 radical (unpaired) electrons. The highest BCUT2D eigenvalue weighted by molar-refractivity contribution is 5.97. The molecule has 0 unspecified atom stereocenters. The van der Waals surface area contributed by atoms with Crippen LogP contribution in [0.3, 0.4) is 0 Å². The number of fused-ring (bicyclic) bond motifs is 1. The first-order valence-corrected chi connectivity index (χ1v) is 14.1. The zero-order valence-corrected chi connectivity index (χ0v) is 23.5. The van der Waals surface area contributed by atoms with E-state index >= 15 is 0 Å². The Bertz CT molecular complexity index is 1470. The van der Waals surface area contributed by atoms with Crippen LogP contribution < -0.4 is 4.90 Å². The van der Waals surface area contributed by atoms with Crippen LogP contribution in [0, 0.1) is 6.92 Å². The molecule has 0 aliphatic heterocycles. The summed E-state index contributed by atoms with van der Waals surface area (Å²) >= 11 is 0. The lowest BCUT2D eigenvalue weighted by atomic mass is 9.95. The topological polar surface area (TPSA) is 75.4 Å². The number of benzene rings is 3. The van der Waals surface area contributed by atoms with Crippen molar-refractivity contribution in [2.75, 3.05) is 11.4 Å². The van der Waals surface area contributed by atoms with Crippen molar-refractivity contribution in [1.29, 1.82) is 0 Å². The summed E-state index contributed by atoms with van der Waals surface area (Å²) in [6.07, 6.45) is 6.25. The number of amides is 1. The zero-order chi connectivity index (χ0) is 27.9. The van der Waals surface area contributed by atoms with Gasteiger partial charge in [0.15, 0.2) is 0 Å². The molecule has 1 heterocycles. The van der Waals surface area contributed by atoms with Gasteiger partial charge in [-0.2, -0.15) is 0 Å². The van der Waals surface area contributed by atoms with Gasteiger partial charge in [-0.3, -0.25) is 9.36 Å². The van der Waals surface area contributed by atoms with Gasteiger partial charge in [-0.1, -0.05) is 57.9 Å². The maximum Gasteiger partial charge on any atom is 0.336 e. The summed E-state index contributed by atoms with van der Waals surface area (Å²) < 4.78 is 2.21. The molecule has 1 N–H and O–H groups in total. The highest BCUT2D eigenvalue weighted by Gasteiger charge is 2.19. The van der Waals surface area contributed by atoms with Crippen LogP contribution in [-0.2, 0) is 11.2 Å². The first-order valence-electron chi connectivity index (χ1n) is 14.1. The number of rotatable bonds is 12. The summed E-state index contributed by atoms with van der Waals surface area (Å²) in [6, 6.07) is 19.4. The van der Waals surface area contributed by atoms with Gasteiger partial charge >= 0.3 is 5.97 Å². The number of unbranched alkanes of at least 4 members (excludes halogenated alkanes) is 2. The third-order valence-corrected chi connectivity index (χ3v) is 7.19. The van der Waals surface area contributed by atoms with E-state index in [0.717, 1.165) is 77.9 Å². The van der Waals surface area contributed by atoms with Gasteiger partial charge in [-0.25, -0.2) is 9.78 Å². The predicted octanol–water partition coefficient (Wildman–Crippen LogP) is 7.97. The number of aromatic carboxylic acids is 1. The first-order chi connectivity index (χ1) is 18.9. The number of carbonyl (C=O) groups is 2. The molecular formula is C33H39N3O3. The Morgan fingerprint density at radius 3 is 2.36 bits per heavy atom. The second-order valence-electron chi connectivity index (χ2n) is 10.1. The Balaban J connectivity index is 1.85. The van der Waals surface area contributed by atoms with Crippen molar-refractivity contribution in [3.8, 4) is 16.8 Å². The Hall–Kier alpha value is -3.93. The van der Waals surface area contributed by atoms with E-state index in [-0.39, 0.29) is 5.91 Å². The van der Waals surface area contributed by atoms with E-state index in [2.05, 4.69) is 30.5 Å². The van der Waals surface area contributed by atoms with E-state index in [1.807, 2.05) is 55.1 Å². The Kier molecular flexibility index (Phi) is 9.18. The van der Waals surface area contributed by atoms with Crippen LogP contribution in [0.1, 0.15) is 81.0 Å². The summed E-state index contributed by atoms with van der Waals surface area (Å²) in [5.41, 5.74) is 6.65. The normalized spacial score (nSPS) is 11.2. The standard InChI is InChI=1S/C33H39N3O3/c1-5-8-15-31-34-29-19-17-24(35(20-9-6-2)32(37)12-7-3)22-30(29)36(31)25-16-18-26(23(4)21-25)27-13-10-11-14-28(27)33(38)39/h10-11,13-14,16-19,21-22H,5-9,12,15,20H2,1-4H3,(H,38,39). The number of nitrogens with zero attached hydrogens (tertiary/aromatic N) is 3. The van der Waals surface area contributed by atoms with Crippen LogP contribution >= 0.6 is 0 Å². The average molecular weight is 526 g/mol. The van der Waals surface area contributed by atoms with Gasteiger partial charge < -0.3 is 10.0 Å². The third kappa shape index (κ3) is 6.06. The molecule has 0 spiro atoms. The second-order valence-corrected chi connectivity index (χ2v) is 10.1. The Morgan fingerprint density at radius 1 is 0.897 bits per heavy atom. The van der Waals surface area contributed by atoms with Gasteiger partial charge in [0.2, 0.25) is 5.91 Å². The first kappa shape index (κ1) is 28.1. The van der Waals surface area contributed by atoms with Crippen molar-refractivity contribution in [3.05, 3.63) is 77.6 Å². The lowest BCUT2D eigenvalue weighted by Crippen LogP contribution is -2.31. The number of carboxylic acid groups (broad SMARTS) is 1. The molecule has 39 heavy (non-hydrogen) atoms. The van der Waals surface area contributed by atoms with E-state index in [0.29, 0.717) is 24.1 Å². The fourth-order valence-corrected chi connectivity index (χ4v) is 5.13. The van der Waals surface area contributed by atoms with Crippen LogP contribution in [0.2, 0.25) is 0 Å². The monoisotopic (exact) mass is 525 g/mol. The van der Waals surface area contributed by atoms with E-state index in [1.165, 1.54) is 0 Å². The summed E-state index contributed by atoms with van der Waals surface area (Å²) in [5.74, 6) is 0.205. The maximum atomic E-state index is 13.0. The summed E-state index contributed by atoms with van der Waals surface area (Å²) in [6.45, 7) is 9.07. The van der Waals surface area contributed by atoms with Crippen molar-refractivity contribution in [2.45, 2.75) is 72.6 Å². The molecule has 0 saturated heterocycles. The molecule has 4 aromatic rings. The van der Waals surface area contributed by atoms with Crippen LogP contribution in [0.4, 0.5) is 5.69 Å². The minimum Gasteiger partial charge on any atom is -0.478 e. The van der Waals surface area contributed by atoms with Crippen molar-refractivity contribution < 1.29 is 14.7 Å². The number of anilines is 1. The molecular weight excluding hydrogens is 486 g/mol. The Labute approximate surface area is 231 Å². The van der Waals surface area contributed by atoms with Gasteiger partial charge in [-0.05, 0) is 79.3 Å². The summed E-state index contributed by atoms with van der Waals surface area (Å²) in [4.78, 5) is 31.8. The molecule has 6 heteroatoms. The quantitative estimate of drug-likeness (QED) is 0.203. The second kappa shape index (κ2) is 12.7. The molecule has 6 nitrogen and oxygen atoms in total. The van der Waals surface area contributed by atoms with Crippen LogP contribution in [-0.4, -0.2) is 33.1 Å². The number of aryl methyl sites for hydroxylation is 2.